The lowest BCUT2D eigenvalue weighted by atomic mass is 10.1. The van der Waals surface area contributed by atoms with E-state index in [2.05, 4.69) is 5.32 Å². The summed E-state index contributed by atoms with van der Waals surface area (Å²) in [5.74, 6) is 0.251. The number of carbonyl (C=O) groups excluding carboxylic acids is 2. The van der Waals surface area contributed by atoms with Crippen molar-refractivity contribution in [1.82, 2.24) is 0 Å². The van der Waals surface area contributed by atoms with Crippen molar-refractivity contribution in [3.63, 3.8) is 0 Å². The smallest absolute Gasteiger partial charge is 0.344 e. The summed E-state index contributed by atoms with van der Waals surface area (Å²) in [5.41, 5.74) is 3.18. The monoisotopic (exact) mass is 355 g/mol. The first-order valence-electron chi connectivity index (χ1n) is 8.48. The Bertz CT molecular complexity index is 803. The number of hydrogen-bond acceptors (Lipinski definition) is 5. The number of methoxy groups -OCH3 is 1. The molecule has 136 valence electrons. The molecule has 0 aromatic heterocycles. The molecule has 2 aromatic carbocycles. The third-order valence-electron chi connectivity index (χ3n) is 4.14. The number of anilines is 1. The van der Waals surface area contributed by atoms with Crippen LogP contribution in [0.5, 0.6) is 11.5 Å². The highest BCUT2D eigenvalue weighted by molar-refractivity contribution is 5.93. The third kappa shape index (κ3) is 4.75. The summed E-state index contributed by atoms with van der Waals surface area (Å²) in [5, 5.41) is 2.64. The zero-order chi connectivity index (χ0) is 18.4. The highest BCUT2D eigenvalue weighted by atomic mass is 16.6. The van der Waals surface area contributed by atoms with Gasteiger partial charge in [0.15, 0.2) is 13.2 Å². The number of hydrogen-bond donors (Lipinski definition) is 1. The van der Waals surface area contributed by atoms with Gasteiger partial charge in [0, 0.05) is 11.8 Å². The molecule has 0 fully saturated rings. The lowest BCUT2D eigenvalue weighted by Gasteiger charge is -2.09. The fraction of sp³-hybridized carbons (Fsp3) is 0.300. The Hall–Kier alpha value is -3.02. The first-order valence-corrected chi connectivity index (χ1v) is 8.48. The molecule has 2 aromatic rings. The van der Waals surface area contributed by atoms with Crippen LogP contribution in [-0.4, -0.2) is 32.2 Å². The van der Waals surface area contributed by atoms with Crippen LogP contribution in [0, 0.1) is 0 Å². The number of rotatable bonds is 7. The van der Waals surface area contributed by atoms with Gasteiger partial charge in [0.2, 0.25) is 0 Å². The quantitative estimate of drug-likeness (QED) is 0.773. The van der Waals surface area contributed by atoms with Crippen LogP contribution in [-0.2, 0) is 27.2 Å². The Labute approximate surface area is 152 Å². The van der Waals surface area contributed by atoms with Crippen LogP contribution >= 0.6 is 0 Å². The van der Waals surface area contributed by atoms with E-state index in [0.717, 1.165) is 19.3 Å². The van der Waals surface area contributed by atoms with E-state index in [1.807, 2.05) is 18.2 Å². The minimum atomic E-state index is -0.591. The number of aryl methyl sites for hydroxylation is 2. The second-order valence-electron chi connectivity index (χ2n) is 6.01. The van der Waals surface area contributed by atoms with Crippen LogP contribution in [0.25, 0.3) is 0 Å². The van der Waals surface area contributed by atoms with E-state index in [0.29, 0.717) is 17.2 Å². The summed E-state index contributed by atoms with van der Waals surface area (Å²) in [7, 11) is 1.55. The molecule has 26 heavy (non-hydrogen) atoms. The summed E-state index contributed by atoms with van der Waals surface area (Å²) in [4.78, 5) is 23.6. The van der Waals surface area contributed by atoms with Crippen molar-refractivity contribution < 1.29 is 23.8 Å². The molecule has 0 spiro atoms. The molecule has 1 N–H and O–H groups in total. The molecule has 0 radical (unpaired) electrons. The molecule has 6 nitrogen and oxygen atoms in total. The van der Waals surface area contributed by atoms with E-state index in [1.165, 1.54) is 11.1 Å². The van der Waals surface area contributed by atoms with E-state index < -0.39 is 11.9 Å². The number of nitrogens with one attached hydrogen (secondary N) is 1. The van der Waals surface area contributed by atoms with Crippen molar-refractivity contribution in [3.8, 4) is 11.5 Å². The van der Waals surface area contributed by atoms with E-state index in [-0.39, 0.29) is 13.2 Å². The van der Waals surface area contributed by atoms with Gasteiger partial charge in [-0.2, -0.15) is 0 Å². The molecule has 0 unspecified atom stereocenters. The van der Waals surface area contributed by atoms with Crippen LogP contribution in [0.4, 0.5) is 5.69 Å². The van der Waals surface area contributed by atoms with E-state index >= 15 is 0 Å². The Kier molecular flexibility index (Phi) is 5.73. The van der Waals surface area contributed by atoms with Crippen LogP contribution in [0.15, 0.2) is 42.5 Å². The van der Waals surface area contributed by atoms with Crippen molar-refractivity contribution >= 4 is 17.6 Å². The Morgan fingerprint density at radius 2 is 1.85 bits per heavy atom. The summed E-state index contributed by atoms with van der Waals surface area (Å²) in [6.45, 7) is -0.602. The Morgan fingerprint density at radius 3 is 2.69 bits per heavy atom. The SMILES string of the molecule is COc1cccc(NC(=O)COC(=O)COc2ccc3c(c2)CCC3)c1. The zero-order valence-electron chi connectivity index (χ0n) is 14.6. The lowest BCUT2D eigenvalue weighted by molar-refractivity contribution is -0.149. The fourth-order valence-corrected chi connectivity index (χ4v) is 2.87. The number of ether oxygens (including phenoxy) is 3. The standard InChI is InChI=1S/C20H21NO5/c1-24-17-7-3-6-16(11-17)21-19(22)12-26-20(23)13-25-18-9-8-14-4-2-5-15(14)10-18/h3,6-11H,2,4-5,12-13H2,1H3,(H,21,22). The molecule has 0 heterocycles. The fourth-order valence-electron chi connectivity index (χ4n) is 2.87. The number of carbonyl (C=O) groups is 2. The van der Waals surface area contributed by atoms with Gasteiger partial charge in [0.1, 0.15) is 11.5 Å². The van der Waals surface area contributed by atoms with Gasteiger partial charge in [-0.05, 0) is 54.7 Å². The Balaban J connectivity index is 1.41. The molecule has 6 heteroatoms. The maximum absolute atomic E-state index is 11.8. The average Bonchev–Trinajstić information content (AvgIpc) is 3.12. The van der Waals surface area contributed by atoms with Crippen molar-refractivity contribution in [2.45, 2.75) is 19.3 Å². The van der Waals surface area contributed by atoms with E-state index in [1.54, 1.807) is 31.4 Å². The molecule has 0 bridgehead atoms. The van der Waals surface area contributed by atoms with Crippen LogP contribution in [0.3, 0.4) is 0 Å². The third-order valence-corrected chi connectivity index (χ3v) is 4.14. The summed E-state index contributed by atoms with van der Waals surface area (Å²) in [6, 6.07) is 12.8. The maximum Gasteiger partial charge on any atom is 0.344 e. The zero-order valence-corrected chi connectivity index (χ0v) is 14.6. The predicted octanol–water partition coefficient (Wildman–Crippen LogP) is 2.74. The van der Waals surface area contributed by atoms with Crippen LogP contribution in [0.2, 0.25) is 0 Å². The van der Waals surface area contributed by atoms with E-state index in [9.17, 15) is 9.59 Å². The van der Waals surface area contributed by atoms with Crippen molar-refractivity contribution in [1.29, 1.82) is 0 Å². The number of amides is 1. The van der Waals surface area contributed by atoms with Gasteiger partial charge >= 0.3 is 5.97 Å². The number of benzene rings is 2. The van der Waals surface area contributed by atoms with Gasteiger partial charge in [-0.1, -0.05) is 12.1 Å². The first kappa shape index (κ1) is 17.8. The molecule has 1 aliphatic rings. The summed E-state index contributed by atoms with van der Waals surface area (Å²) < 4.78 is 15.5. The number of esters is 1. The van der Waals surface area contributed by atoms with Crippen molar-refractivity contribution in [3.05, 3.63) is 53.6 Å². The van der Waals surface area contributed by atoms with E-state index in [4.69, 9.17) is 14.2 Å². The molecule has 1 aliphatic carbocycles. The molecular formula is C20H21NO5. The van der Waals surface area contributed by atoms with Crippen molar-refractivity contribution in [2.75, 3.05) is 25.6 Å². The molecule has 0 aliphatic heterocycles. The Morgan fingerprint density at radius 1 is 1.00 bits per heavy atom. The van der Waals surface area contributed by atoms with Gasteiger partial charge in [-0.25, -0.2) is 4.79 Å². The lowest BCUT2D eigenvalue weighted by Crippen LogP contribution is -2.23. The highest BCUT2D eigenvalue weighted by Gasteiger charge is 2.13. The molecule has 1 amide bonds. The minimum absolute atomic E-state index is 0.231. The molecule has 0 saturated heterocycles. The molecule has 3 rings (SSSR count). The predicted molar refractivity (Wildman–Crippen MR) is 96.5 cm³/mol. The highest BCUT2D eigenvalue weighted by Crippen LogP contribution is 2.26. The first-order chi connectivity index (χ1) is 12.6. The largest absolute Gasteiger partial charge is 0.497 e. The van der Waals surface area contributed by atoms with Crippen LogP contribution in [0.1, 0.15) is 17.5 Å². The number of fused-ring (bicyclic) bond motifs is 1. The molecule has 0 atom stereocenters. The summed E-state index contributed by atoms with van der Waals surface area (Å²) in [6.07, 6.45) is 3.30. The minimum Gasteiger partial charge on any atom is -0.497 e. The topological polar surface area (TPSA) is 73.9 Å². The van der Waals surface area contributed by atoms with Crippen LogP contribution < -0.4 is 14.8 Å². The molecule has 0 saturated carbocycles. The van der Waals surface area contributed by atoms with Gasteiger partial charge in [0.25, 0.3) is 5.91 Å². The van der Waals surface area contributed by atoms with Crippen molar-refractivity contribution in [2.24, 2.45) is 0 Å². The second kappa shape index (κ2) is 8.38. The summed E-state index contributed by atoms with van der Waals surface area (Å²) >= 11 is 0. The van der Waals surface area contributed by atoms with Gasteiger partial charge in [-0.3, -0.25) is 4.79 Å². The normalized spacial score (nSPS) is 12.2. The second-order valence-corrected chi connectivity index (χ2v) is 6.01. The maximum atomic E-state index is 11.8. The molecular weight excluding hydrogens is 334 g/mol. The van der Waals surface area contributed by atoms with Gasteiger partial charge in [0.05, 0.1) is 7.11 Å². The van der Waals surface area contributed by atoms with Gasteiger partial charge < -0.3 is 19.5 Å². The average molecular weight is 355 g/mol. The van der Waals surface area contributed by atoms with Gasteiger partial charge in [-0.15, -0.1) is 0 Å².